The van der Waals surface area contributed by atoms with E-state index < -0.39 is 0 Å². The zero-order valence-corrected chi connectivity index (χ0v) is 8.96. The van der Waals surface area contributed by atoms with E-state index in [-0.39, 0.29) is 0 Å². The monoisotopic (exact) mass is 232 g/mol. The van der Waals surface area contributed by atoms with Gasteiger partial charge >= 0.3 is 0 Å². The minimum Gasteiger partial charge on any atom is -0.122 e. The molecule has 0 nitrogen and oxygen atoms in total. The molecular formula is C9H10BrCl. The summed E-state index contributed by atoms with van der Waals surface area (Å²) in [5, 5.41) is 0. The predicted octanol–water partition coefficient (Wildman–Crippen LogP) is 3.80. The zero-order chi connectivity index (χ0) is 8.43. The average molecular weight is 234 g/mol. The Balaban J connectivity index is 3.25. The van der Waals surface area contributed by atoms with Gasteiger partial charge in [-0.3, -0.25) is 0 Å². The summed E-state index contributed by atoms with van der Waals surface area (Å²) < 4.78 is 1.15. The van der Waals surface area contributed by atoms with Crippen LogP contribution in [0.3, 0.4) is 0 Å². The molecule has 0 unspecified atom stereocenters. The Bertz CT molecular complexity index is 269. The SMILES string of the molecule is Cc1ccc(CCl)c(Br)c1C. The second-order valence-electron chi connectivity index (χ2n) is 2.61. The minimum absolute atomic E-state index is 0.571. The predicted molar refractivity (Wildman–Crippen MR) is 53.2 cm³/mol. The Labute approximate surface area is 80.7 Å². The summed E-state index contributed by atoms with van der Waals surface area (Å²) in [5.74, 6) is 0.571. The van der Waals surface area contributed by atoms with Gasteiger partial charge in [0.15, 0.2) is 0 Å². The molecule has 11 heavy (non-hydrogen) atoms. The van der Waals surface area contributed by atoms with Gasteiger partial charge in [-0.25, -0.2) is 0 Å². The van der Waals surface area contributed by atoms with E-state index >= 15 is 0 Å². The van der Waals surface area contributed by atoms with Crippen LogP contribution in [0.5, 0.6) is 0 Å². The molecule has 0 spiro atoms. The summed E-state index contributed by atoms with van der Waals surface area (Å²) in [5.41, 5.74) is 3.74. The molecule has 0 bridgehead atoms. The first kappa shape index (κ1) is 9.08. The van der Waals surface area contributed by atoms with Crippen LogP contribution in [0.15, 0.2) is 16.6 Å². The van der Waals surface area contributed by atoms with Crippen LogP contribution in [0.4, 0.5) is 0 Å². The molecule has 2 heteroatoms. The minimum atomic E-state index is 0.571. The Hall–Kier alpha value is -0.0100. The van der Waals surface area contributed by atoms with Crippen molar-refractivity contribution in [2.24, 2.45) is 0 Å². The van der Waals surface area contributed by atoms with Crippen LogP contribution in [0.1, 0.15) is 16.7 Å². The van der Waals surface area contributed by atoms with Gasteiger partial charge in [0.2, 0.25) is 0 Å². The lowest BCUT2D eigenvalue weighted by Crippen LogP contribution is -1.87. The second-order valence-corrected chi connectivity index (χ2v) is 3.67. The maximum absolute atomic E-state index is 5.73. The zero-order valence-electron chi connectivity index (χ0n) is 6.62. The molecule has 0 aliphatic heterocycles. The number of halogens is 2. The fourth-order valence-corrected chi connectivity index (χ4v) is 1.91. The first-order valence-corrected chi connectivity index (χ1v) is 4.80. The lowest BCUT2D eigenvalue weighted by molar-refractivity contribution is 1.25. The lowest BCUT2D eigenvalue weighted by Gasteiger charge is -2.06. The van der Waals surface area contributed by atoms with E-state index in [2.05, 4.69) is 41.9 Å². The largest absolute Gasteiger partial charge is 0.122 e. The highest BCUT2D eigenvalue weighted by Crippen LogP contribution is 2.25. The third-order valence-corrected chi connectivity index (χ3v) is 3.27. The molecule has 1 aromatic carbocycles. The van der Waals surface area contributed by atoms with Crippen LogP contribution in [0.25, 0.3) is 0 Å². The molecule has 0 aromatic heterocycles. The summed E-state index contributed by atoms with van der Waals surface area (Å²) in [6.45, 7) is 4.19. The van der Waals surface area contributed by atoms with E-state index in [1.54, 1.807) is 0 Å². The molecule has 0 saturated heterocycles. The number of rotatable bonds is 1. The molecule has 0 radical (unpaired) electrons. The van der Waals surface area contributed by atoms with Gasteiger partial charge in [-0.1, -0.05) is 28.1 Å². The highest BCUT2D eigenvalue weighted by Gasteiger charge is 2.02. The summed E-state index contributed by atoms with van der Waals surface area (Å²) >= 11 is 9.23. The standard InChI is InChI=1S/C9H10BrCl/c1-6-3-4-8(5-11)9(10)7(6)2/h3-4H,5H2,1-2H3. The Morgan fingerprint density at radius 3 is 2.55 bits per heavy atom. The normalized spacial score (nSPS) is 10.2. The number of benzene rings is 1. The van der Waals surface area contributed by atoms with Gasteiger partial charge in [-0.2, -0.15) is 0 Å². The average Bonchev–Trinajstić information content (AvgIpc) is 2.01. The van der Waals surface area contributed by atoms with Gasteiger partial charge in [0, 0.05) is 10.4 Å². The maximum atomic E-state index is 5.73. The Morgan fingerprint density at radius 2 is 2.00 bits per heavy atom. The van der Waals surface area contributed by atoms with Gasteiger partial charge in [-0.05, 0) is 30.5 Å². The van der Waals surface area contributed by atoms with Gasteiger partial charge in [0.1, 0.15) is 0 Å². The molecular weight excluding hydrogens is 223 g/mol. The van der Waals surface area contributed by atoms with Crippen molar-refractivity contribution in [1.82, 2.24) is 0 Å². The van der Waals surface area contributed by atoms with E-state index in [0.29, 0.717) is 5.88 Å². The fraction of sp³-hybridized carbons (Fsp3) is 0.333. The first-order valence-electron chi connectivity index (χ1n) is 3.47. The third kappa shape index (κ3) is 1.77. The highest BCUT2D eigenvalue weighted by atomic mass is 79.9. The van der Waals surface area contributed by atoms with E-state index in [1.807, 2.05) is 0 Å². The lowest BCUT2D eigenvalue weighted by atomic mass is 10.1. The second kappa shape index (κ2) is 3.59. The third-order valence-electron chi connectivity index (χ3n) is 1.88. The molecule has 0 aliphatic carbocycles. The molecule has 0 N–H and O–H groups in total. The van der Waals surface area contributed by atoms with Crippen LogP contribution < -0.4 is 0 Å². The quantitative estimate of drug-likeness (QED) is 0.647. The smallest absolute Gasteiger partial charge is 0.0485 e. The number of aryl methyl sites for hydroxylation is 1. The Kier molecular flexibility index (Phi) is 2.97. The Morgan fingerprint density at radius 1 is 1.36 bits per heavy atom. The molecule has 1 aromatic rings. The highest BCUT2D eigenvalue weighted by molar-refractivity contribution is 9.10. The summed E-state index contributed by atoms with van der Waals surface area (Å²) in [4.78, 5) is 0. The first-order chi connectivity index (χ1) is 5.16. The van der Waals surface area contributed by atoms with Gasteiger partial charge in [0.05, 0.1) is 0 Å². The van der Waals surface area contributed by atoms with Crippen LogP contribution in [-0.2, 0) is 5.88 Å². The van der Waals surface area contributed by atoms with E-state index in [9.17, 15) is 0 Å². The summed E-state index contributed by atoms with van der Waals surface area (Å²) in [6.07, 6.45) is 0. The fourth-order valence-electron chi connectivity index (χ4n) is 0.941. The van der Waals surface area contributed by atoms with Crippen molar-refractivity contribution >= 4 is 27.5 Å². The van der Waals surface area contributed by atoms with Crippen LogP contribution in [-0.4, -0.2) is 0 Å². The van der Waals surface area contributed by atoms with Gasteiger partial charge < -0.3 is 0 Å². The van der Waals surface area contributed by atoms with E-state index in [0.717, 1.165) is 10.0 Å². The van der Waals surface area contributed by atoms with Crippen molar-refractivity contribution in [1.29, 1.82) is 0 Å². The summed E-state index contributed by atoms with van der Waals surface area (Å²) in [7, 11) is 0. The van der Waals surface area contributed by atoms with E-state index in [1.165, 1.54) is 11.1 Å². The molecule has 0 fully saturated rings. The van der Waals surface area contributed by atoms with Crippen LogP contribution >= 0.6 is 27.5 Å². The maximum Gasteiger partial charge on any atom is 0.0485 e. The number of alkyl halides is 1. The number of hydrogen-bond acceptors (Lipinski definition) is 0. The molecule has 0 aliphatic rings. The van der Waals surface area contributed by atoms with Crippen molar-refractivity contribution in [3.05, 3.63) is 33.3 Å². The topological polar surface area (TPSA) is 0 Å². The number of hydrogen-bond donors (Lipinski definition) is 0. The molecule has 0 heterocycles. The van der Waals surface area contributed by atoms with Crippen molar-refractivity contribution < 1.29 is 0 Å². The molecule has 0 saturated carbocycles. The molecule has 0 atom stereocenters. The summed E-state index contributed by atoms with van der Waals surface area (Å²) in [6, 6.07) is 4.15. The molecule has 60 valence electrons. The van der Waals surface area contributed by atoms with Crippen molar-refractivity contribution in [3.8, 4) is 0 Å². The van der Waals surface area contributed by atoms with E-state index in [4.69, 9.17) is 11.6 Å². The molecule has 0 amide bonds. The van der Waals surface area contributed by atoms with Crippen molar-refractivity contribution in [2.75, 3.05) is 0 Å². The van der Waals surface area contributed by atoms with Gasteiger partial charge in [-0.15, -0.1) is 11.6 Å². The van der Waals surface area contributed by atoms with Gasteiger partial charge in [0.25, 0.3) is 0 Å². The van der Waals surface area contributed by atoms with Crippen molar-refractivity contribution in [3.63, 3.8) is 0 Å². The van der Waals surface area contributed by atoms with Crippen LogP contribution in [0, 0.1) is 13.8 Å². The van der Waals surface area contributed by atoms with Crippen molar-refractivity contribution in [2.45, 2.75) is 19.7 Å². The van der Waals surface area contributed by atoms with Crippen LogP contribution in [0.2, 0.25) is 0 Å². The molecule has 1 rings (SSSR count).